The van der Waals surface area contributed by atoms with Crippen molar-refractivity contribution in [2.24, 2.45) is 5.92 Å². The zero-order valence-electron chi connectivity index (χ0n) is 22.2. The summed E-state index contributed by atoms with van der Waals surface area (Å²) in [4.78, 5) is 41.0. The largest absolute Gasteiger partial charge is 0.497 e. The van der Waals surface area contributed by atoms with E-state index in [2.05, 4.69) is 16.0 Å². The highest BCUT2D eigenvalue weighted by molar-refractivity contribution is 5.95. The molecule has 2 fully saturated rings. The van der Waals surface area contributed by atoms with Crippen molar-refractivity contribution in [1.29, 1.82) is 0 Å². The van der Waals surface area contributed by atoms with Crippen LogP contribution in [0.4, 0.5) is 0 Å². The minimum Gasteiger partial charge on any atom is -0.497 e. The van der Waals surface area contributed by atoms with Gasteiger partial charge in [0, 0.05) is 42.3 Å². The number of rotatable bonds is 3. The number of ether oxygens (including phenoxy) is 4. The monoisotopic (exact) mass is 538 g/mol. The summed E-state index contributed by atoms with van der Waals surface area (Å²) in [5.74, 6) is 1.18. The summed E-state index contributed by atoms with van der Waals surface area (Å²) in [6.07, 6.45) is 1.10. The standard InChI is InChI=1S/C28H34N4O7/c1-36-21-9-19-10-22(11-21)38-16-26(33)30-13-18-3-4-20(12-24(18)37-2)39-25-15-32(14-23(25)31-27(19)34)28(35)17-5-7-29-8-6-17/h3-4,9-12,17,23,25,29H,5-8,13-16H2,1-2H3,(H,30,33)(H,31,34)/t23-,25-/m0/s1. The van der Waals surface area contributed by atoms with Gasteiger partial charge in [0.1, 0.15) is 29.1 Å². The molecular weight excluding hydrogens is 504 g/mol. The van der Waals surface area contributed by atoms with E-state index in [0.717, 1.165) is 31.5 Å². The summed E-state index contributed by atoms with van der Waals surface area (Å²) in [5, 5.41) is 9.17. The van der Waals surface area contributed by atoms with Gasteiger partial charge in [-0.15, -0.1) is 0 Å². The van der Waals surface area contributed by atoms with Crippen LogP contribution in [0, 0.1) is 5.92 Å². The Morgan fingerprint density at radius 3 is 2.59 bits per heavy atom. The number of carbonyl (C=O) groups is 3. The molecule has 2 aromatic rings. The van der Waals surface area contributed by atoms with Crippen molar-refractivity contribution in [3.8, 4) is 23.0 Å². The molecule has 0 spiro atoms. The van der Waals surface area contributed by atoms with Gasteiger partial charge in [0.25, 0.3) is 11.8 Å². The molecule has 2 aromatic carbocycles. The average Bonchev–Trinajstić information content (AvgIpc) is 3.36. The van der Waals surface area contributed by atoms with Crippen molar-refractivity contribution in [2.45, 2.75) is 31.5 Å². The molecule has 0 saturated carbocycles. The molecule has 0 aliphatic carbocycles. The van der Waals surface area contributed by atoms with Crippen LogP contribution in [0.15, 0.2) is 36.4 Å². The summed E-state index contributed by atoms with van der Waals surface area (Å²) in [7, 11) is 3.04. The van der Waals surface area contributed by atoms with Crippen LogP contribution in [0.5, 0.6) is 23.0 Å². The van der Waals surface area contributed by atoms with Crippen molar-refractivity contribution in [2.75, 3.05) is 47.0 Å². The van der Waals surface area contributed by atoms with Gasteiger partial charge in [-0.3, -0.25) is 14.4 Å². The molecule has 4 aliphatic heterocycles. The van der Waals surface area contributed by atoms with Gasteiger partial charge in [-0.25, -0.2) is 0 Å². The molecule has 11 nitrogen and oxygen atoms in total. The number of carbonyl (C=O) groups excluding carboxylic acids is 3. The van der Waals surface area contributed by atoms with Crippen molar-refractivity contribution < 1.29 is 33.3 Å². The van der Waals surface area contributed by atoms with Crippen LogP contribution >= 0.6 is 0 Å². The Labute approximate surface area is 227 Å². The second-order valence-corrected chi connectivity index (χ2v) is 9.94. The molecule has 0 unspecified atom stereocenters. The molecule has 4 bridgehead atoms. The fraction of sp³-hybridized carbons (Fsp3) is 0.464. The van der Waals surface area contributed by atoms with E-state index < -0.39 is 12.1 Å². The Kier molecular flexibility index (Phi) is 8.06. The lowest BCUT2D eigenvalue weighted by atomic mass is 9.97. The third-order valence-corrected chi connectivity index (χ3v) is 7.35. The SMILES string of the molecule is COc1cc2cc(c1)C(=O)N[C@H]1CN(C(=O)C3CCNCC3)C[C@@H]1Oc1ccc(c(OC)c1)CNC(=O)CO2. The number of amides is 3. The molecule has 6 rings (SSSR count). The number of nitrogens with zero attached hydrogens (tertiary/aromatic N) is 1. The summed E-state index contributed by atoms with van der Waals surface area (Å²) in [5.41, 5.74) is 1.08. The normalized spacial score (nSPS) is 22.1. The lowest BCUT2D eigenvalue weighted by Crippen LogP contribution is -2.45. The van der Waals surface area contributed by atoms with Gasteiger partial charge in [0.15, 0.2) is 6.61 Å². The summed E-state index contributed by atoms with van der Waals surface area (Å²) >= 11 is 0. The van der Waals surface area contributed by atoms with E-state index in [0.29, 0.717) is 41.7 Å². The first kappa shape index (κ1) is 26.6. The molecule has 3 amide bonds. The van der Waals surface area contributed by atoms with Crippen LogP contribution in [-0.4, -0.2) is 81.8 Å². The summed E-state index contributed by atoms with van der Waals surface area (Å²) < 4.78 is 22.9. The van der Waals surface area contributed by atoms with E-state index in [9.17, 15) is 14.4 Å². The van der Waals surface area contributed by atoms with Gasteiger partial charge >= 0.3 is 0 Å². The number of piperidine rings is 1. The zero-order valence-corrected chi connectivity index (χ0v) is 22.2. The van der Waals surface area contributed by atoms with Crippen LogP contribution < -0.4 is 34.9 Å². The van der Waals surface area contributed by atoms with Gasteiger partial charge in [-0.05, 0) is 50.2 Å². The topological polar surface area (TPSA) is 127 Å². The van der Waals surface area contributed by atoms with Gasteiger partial charge in [-0.1, -0.05) is 0 Å². The number of likely N-dealkylation sites (tertiary alicyclic amines) is 1. The molecule has 4 heterocycles. The molecule has 0 radical (unpaired) electrons. The Hall–Kier alpha value is -3.99. The second kappa shape index (κ2) is 11.8. The smallest absolute Gasteiger partial charge is 0.258 e. The summed E-state index contributed by atoms with van der Waals surface area (Å²) in [6, 6.07) is 9.68. The minimum absolute atomic E-state index is 0.0421. The van der Waals surface area contributed by atoms with Crippen LogP contribution in [0.3, 0.4) is 0 Å². The number of hydrogen-bond acceptors (Lipinski definition) is 8. The first-order chi connectivity index (χ1) is 18.9. The third-order valence-electron chi connectivity index (χ3n) is 7.35. The number of hydrogen-bond donors (Lipinski definition) is 3. The Balaban J connectivity index is 1.46. The maximum Gasteiger partial charge on any atom is 0.258 e. The zero-order chi connectivity index (χ0) is 27.4. The maximum atomic E-state index is 13.4. The lowest BCUT2D eigenvalue weighted by Gasteiger charge is -2.26. The molecular formula is C28H34N4O7. The van der Waals surface area contributed by atoms with E-state index in [4.69, 9.17) is 18.9 Å². The fourth-order valence-corrected chi connectivity index (χ4v) is 5.21. The Morgan fingerprint density at radius 2 is 1.82 bits per heavy atom. The first-order valence-corrected chi connectivity index (χ1v) is 13.2. The molecule has 4 aliphatic rings. The number of fused-ring (bicyclic) bond motifs is 7. The lowest BCUT2D eigenvalue weighted by molar-refractivity contribution is -0.135. The van der Waals surface area contributed by atoms with E-state index in [1.54, 1.807) is 42.3 Å². The molecule has 208 valence electrons. The third kappa shape index (κ3) is 6.19. The van der Waals surface area contributed by atoms with E-state index in [1.807, 2.05) is 6.07 Å². The Bertz CT molecular complexity index is 1230. The molecule has 11 heteroatoms. The predicted octanol–water partition coefficient (Wildman–Crippen LogP) is 1.10. The number of methoxy groups -OCH3 is 2. The highest BCUT2D eigenvalue weighted by atomic mass is 16.5. The molecule has 2 atom stereocenters. The van der Waals surface area contributed by atoms with Gasteiger partial charge in [0.05, 0.1) is 26.8 Å². The van der Waals surface area contributed by atoms with Gasteiger partial charge in [-0.2, -0.15) is 0 Å². The highest BCUT2D eigenvalue weighted by Gasteiger charge is 2.40. The summed E-state index contributed by atoms with van der Waals surface area (Å²) in [6.45, 7) is 2.31. The van der Waals surface area contributed by atoms with Crippen LogP contribution in [0.2, 0.25) is 0 Å². The molecule has 2 saturated heterocycles. The number of nitrogens with one attached hydrogen (secondary N) is 3. The Morgan fingerprint density at radius 1 is 1.00 bits per heavy atom. The van der Waals surface area contributed by atoms with Crippen molar-refractivity contribution >= 4 is 17.7 Å². The van der Waals surface area contributed by atoms with E-state index in [1.165, 1.54) is 7.11 Å². The van der Waals surface area contributed by atoms with Crippen molar-refractivity contribution in [1.82, 2.24) is 20.9 Å². The van der Waals surface area contributed by atoms with Crippen LogP contribution in [0.25, 0.3) is 0 Å². The quantitative estimate of drug-likeness (QED) is 0.530. The first-order valence-electron chi connectivity index (χ1n) is 13.2. The van der Waals surface area contributed by atoms with Crippen molar-refractivity contribution in [3.63, 3.8) is 0 Å². The average molecular weight is 539 g/mol. The second-order valence-electron chi connectivity index (χ2n) is 9.94. The van der Waals surface area contributed by atoms with Gasteiger partial charge < -0.3 is 39.8 Å². The van der Waals surface area contributed by atoms with E-state index >= 15 is 0 Å². The van der Waals surface area contributed by atoms with Crippen LogP contribution in [-0.2, 0) is 16.1 Å². The maximum absolute atomic E-state index is 13.4. The van der Waals surface area contributed by atoms with Crippen LogP contribution in [0.1, 0.15) is 28.8 Å². The van der Waals surface area contributed by atoms with Gasteiger partial charge in [0.2, 0.25) is 5.91 Å². The molecule has 39 heavy (non-hydrogen) atoms. The van der Waals surface area contributed by atoms with Crippen molar-refractivity contribution in [3.05, 3.63) is 47.5 Å². The minimum atomic E-state index is -0.480. The molecule has 0 aromatic heterocycles. The predicted molar refractivity (Wildman–Crippen MR) is 141 cm³/mol. The highest BCUT2D eigenvalue weighted by Crippen LogP contribution is 2.29. The fourth-order valence-electron chi connectivity index (χ4n) is 5.21. The number of benzene rings is 2. The molecule has 3 N–H and O–H groups in total. The van der Waals surface area contributed by atoms with E-state index in [-0.39, 0.29) is 36.8 Å².